The first-order chi connectivity index (χ1) is 26.2. The Morgan fingerprint density at radius 3 is 2.13 bits per heavy atom. The highest BCUT2D eigenvalue weighted by atomic mass is 16.6. The summed E-state index contributed by atoms with van der Waals surface area (Å²) in [6.45, 7) is -0.380. The van der Waals surface area contributed by atoms with Crippen molar-refractivity contribution in [2.24, 2.45) is 17.6 Å². The summed E-state index contributed by atoms with van der Waals surface area (Å²) in [7, 11) is 2.33. The van der Waals surface area contributed by atoms with Gasteiger partial charge in [0.15, 0.2) is 5.92 Å². The van der Waals surface area contributed by atoms with E-state index < -0.39 is 71.2 Å². The van der Waals surface area contributed by atoms with E-state index in [1.54, 1.807) is 42.5 Å². The molecule has 3 aliphatic heterocycles. The van der Waals surface area contributed by atoms with Crippen LogP contribution in [0.1, 0.15) is 46.0 Å². The van der Waals surface area contributed by atoms with Crippen LogP contribution >= 0.6 is 0 Å². The van der Waals surface area contributed by atoms with E-state index in [4.69, 9.17) is 24.7 Å². The summed E-state index contributed by atoms with van der Waals surface area (Å²) >= 11 is 0. The van der Waals surface area contributed by atoms with Gasteiger partial charge in [-0.1, -0.05) is 91.0 Å². The number of aliphatic hydroxyl groups excluding tert-OH is 1. The van der Waals surface area contributed by atoms with Crippen molar-refractivity contribution in [1.29, 1.82) is 0 Å². The molecule has 0 radical (unpaired) electrons. The number of fused-ring (bicyclic) bond motifs is 3. The zero-order valence-corrected chi connectivity index (χ0v) is 29.5. The minimum Gasteiger partial charge on any atom is -0.491 e. The van der Waals surface area contributed by atoms with Gasteiger partial charge in [-0.2, -0.15) is 0 Å². The second kappa shape index (κ2) is 14.8. The van der Waals surface area contributed by atoms with Gasteiger partial charge >= 0.3 is 17.9 Å². The molecule has 0 aromatic heterocycles. The highest BCUT2D eigenvalue weighted by Crippen LogP contribution is 2.65. The fourth-order valence-electron chi connectivity index (χ4n) is 8.54. The van der Waals surface area contributed by atoms with Crippen LogP contribution in [0.25, 0.3) is 0 Å². The van der Waals surface area contributed by atoms with Crippen LogP contribution in [0.3, 0.4) is 0 Å². The third-order valence-electron chi connectivity index (χ3n) is 10.7. The van der Waals surface area contributed by atoms with Crippen molar-refractivity contribution in [1.82, 2.24) is 4.90 Å². The molecule has 3 heterocycles. The number of benzene rings is 4. The normalized spacial score (nSPS) is 24.3. The van der Waals surface area contributed by atoms with E-state index >= 15 is 4.79 Å². The van der Waals surface area contributed by atoms with Crippen molar-refractivity contribution < 1.29 is 48.0 Å². The van der Waals surface area contributed by atoms with Gasteiger partial charge in [0.1, 0.15) is 29.9 Å². The summed E-state index contributed by atoms with van der Waals surface area (Å²) in [5, 5.41) is 12.7. The van der Waals surface area contributed by atoms with Crippen molar-refractivity contribution in [2.75, 3.05) is 32.8 Å². The first kappa shape index (κ1) is 36.3. The molecule has 6 atom stereocenters. The number of nitrogens with one attached hydrogen (secondary N) is 1. The maximum Gasteiger partial charge on any atom is 0.324 e. The van der Waals surface area contributed by atoms with Crippen LogP contribution in [0.2, 0.25) is 0 Å². The molecule has 0 aliphatic carbocycles. The zero-order valence-electron chi connectivity index (χ0n) is 29.5. The predicted molar refractivity (Wildman–Crippen MR) is 193 cm³/mol. The fourth-order valence-corrected chi connectivity index (χ4v) is 8.54. The van der Waals surface area contributed by atoms with Crippen LogP contribution < -0.4 is 15.8 Å². The summed E-state index contributed by atoms with van der Waals surface area (Å²) in [4.78, 5) is 71.1. The summed E-state index contributed by atoms with van der Waals surface area (Å²) < 4.78 is 22.2. The molecule has 4 N–H and O–H groups in total. The molecular weight excluding hydrogens is 694 g/mol. The van der Waals surface area contributed by atoms with Gasteiger partial charge < -0.3 is 35.1 Å². The van der Waals surface area contributed by atoms with Gasteiger partial charge in [-0.3, -0.25) is 28.9 Å². The van der Waals surface area contributed by atoms with Gasteiger partial charge in [0.2, 0.25) is 11.8 Å². The second-order valence-corrected chi connectivity index (χ2v) is 13.4. The van der Waals surface area contributed by atoms with Gasteiger partial charge in [-0.05, 0) is 40.8 Å². The molecule has 2 saturated heterocycles. The number of carbonyl (C=O) groups is 5. The number of aliphatic hydroxyl groups is 1. The molecule has 7 rings (SSSR count). The summed E-state index contributed by atoms with van der Waals surface area (Å²) in [6, 6.07) is 27.3. The lowest BCUT2D eigenvalue weighted by molar-refractivity contribution is -0.178. The van der Waals surface area contributed by atoms with Gasteiger partial charge in [0.05, 0.1) is 38.8 Å². The number of amides is 2. The molecule has 54 heavy (non-hydrogen) atoms. The molecule has 3 aliphatic rings. The number of esters is 3. The number of hydrogen-bond donors (Lipinski definition) is 3. The third kappa shape index (κ3) is 5.85. The Morgan fingerprint density at radius 2 is 1.50 bits per heavy atom. The number of para-hydroxylation sites is 1. The van der Waals surface area contributed by atoms with Crippen molar-refractivity contribution in [2.45, 2.75) is 36.1 Å². The minimum absolute atomic E-state index is 0.0778. The average Bonchev–Trinajstić information content (AvgIpc) is 3.67. The van der Waals surface area contributed by atoms with Crippen LogP contribution in [0.4, 0.5) is 5.69 Å². The third-order valence-corrected chi connectivity index (χ3v) is 10.7. The Morgan fingerprint density at radius 1 is 0.870 bits per heavy atom. The van der Waals surface area contributed by atoms with Crippen LogP contribution in [-0.2, 0) is 50.0 Å². The number of cyclic esters (lactones) is 1. The van der Waals surface area contributed by atoms with Crippen molar-refractivity contribution >= 4 is 35.4 Å². The van der Waals surface area contributed by atoms with Gasteiger partial charge in [-0.25, -0.2) is 0 Å². The Hall–Kier alpha value is -6.05. The number of anilines is 1. The molecule has 13 nitrogen and oxygen atoms in total. The highest BCUT2D eigenvalue weighted by Gasteiger charge is 2.74. The maximum atomic E-state index is 15.0. The largest absolute Gasteiger partial charge is 0.491 e. The summed E-state index contributed by atoms with van der Waals surface area (Å²) in [5.41, 5.74) is 7.46. The molecule has 0 bridgehead atoms. The van der Waals surface area contributed by atoms with Gasteiger partial charge in [0, 0.05) is 11.3 Å². The van der Waals surface area contributed by atoms with E-state index in [1.165, 1.54) is 0 Å². The lowest BCUT2D eigenvalue weighted by atomic mass is 9.65. The lowest BCUT2D eigenvalue weighted by Crippen LogP contribution is -2.53. The van der Waals surface area contributed by atoms with E-state index in [9.17, 15) is 24.3 Å². The van der Waals surface area contributed by atoms with Crippen molar-refractivity contribution in [3.8, 4) is 5.75 Å². The molecule has 2 fully saturated rings. The molecular formula is C41H39N3O10. The second-order valence-electron chi connectivity index (χ2n) is 13.4. The van der Waals surface area contributed by atoms with E-state index in [0.29, 0.717) is 33.7 Å². The highest BCUT2D eigenvalue weighted by molar-refractivity contribution is 6.12. The molecule has 278 valence electrons. The monoisotopic (exact) mass is 733 g/mol. The first-order valence-corrected chi connectivity index (χ1v) is 17.5. The van der Waals surface area contributed by atoms with E-state index in [2.05, 4.69) is 5.32 Å². The molecule has 0 saturated carbocycles. The summed E-state index contributed by atoms with van der Waals surface area (Å²) in [6.07, 6.45) is -1.04. The van der Waals surface area contributed by atoms with Crippen LogP contribution in [0, 0.1) is 11.8 Å². The predicted octanol–water partition coefficient (Wildman–Crippen LogP) is 3.32. The number of nitrogens with zero attached hydrogens (tertiary/aromatic N) is 1. The number of carbonyl (C=O) groups excluding carboxylic acids is 5. The smallest absolute Gasteiger partial charge is 0.324 e. The molecule has 4 aromatic carbocycles. The lowest BCUT2D eigenvalue weighted by Gasteiger charge is -2.46. The molecule has 0 unspecified atom stereocenters. The Bertz CT molecular complexity index is 2080. The van der Waals surface area contributed by atoms with Crippen molar-refractivity contribution in [3.05, 3.63) is 131 Å². The zero-order chi connectivity index (χ0) is 38.1. The molecule has 1 spiro atoms. The number of primary amides is 1. The van der Waals surface area contributed by atoms with Crippen LogP contribution in [-0.4, -0.2) is 73.2 Å². The molecule has 13 heteroatoms. The van der Waals surface area contributed by atoms with Gasteiger partial charge in [0.25, 0.3) is 0 Å². The minimum atomic E-state index is -1.88. The first-order valence-electron chi connectivity index (χ1n) is 17.5. The standard InChI is InChI=1S/C41H39N3O10/c1-51-37(47)27(38(48)52-2)21-23-17-18-29-28(22-23)41(40(50)43-29)31(36(42)46)33-39(49)54-34(25-13-7-4-8-14-25)32(24-11-5-3-6-12-24)44(33)35(41)26-15-9-10-16-30(26)53-20-19-45/h3-18,22,27,31-35,45H,19-21H2,1-2H3,(H2,42,46)(H,43,50)/t31-,32-,33-,34+,35+,41-/m0/s1. The fraction of sp³-hybridized carbons (Fsp3) is 0.293. The Labute approximate surface area is 310 Å². The van der Waals surface area contributed by atoms with E-state index in [0.717, 1.165) is 19.8 Å². The number of morpholine rings is 1. The summed E-state index contributed by atoms with van der Waals surface area (Å²) in [5.74, 6) is -6.38. The number of nitrogens with two attached hydrogens (primary N) is 1. The number of methoxy groups -OCH3 is 2. The van der Waals surface area contributed by atoms with Gasteiger partial charge in [-0.15, -0.1) is 0 Å². The number of ether oxygens (including phenoxy) is 4. The SMILES string of the molecule is COC(=O)C(Cc1ccc2c(c1)[C@]1(C(=O)N2)[C@H](C(N)=O)[C@H]2C(=O)O[C@H](c3ccccc3)[C@H](c3ccccc3)N2[C@@H]1c1ccccc1OCCO)C(=O)OC. The van der Waals surface area contributed by atoms with E-state index in [-0.39, 0.29) is 19.6 Å². The van der Waals surface area contributed by atoms with E-state index in [1.807, 2.05) is 65.6 Å². The van der Waals surface area contributed by atoms with Crippen LogP contribution in [0.5, 0.6) is 5.75 Å². The maximum absolute atomic E-state index is 15.0. The van der Waals surface area contributed by atoms with Crippen LogP contribution in [0.15, 0.2) is 103 Å². The van der Waals surface area contributed by atoms with Crippen molar-refractivity contribution in [3.63, 3.8) is 0 Å². The number of rotatable bonds is 11. The number of hydrogen-bond acceptors (Lipinski definition) is 11. The topological polar surface area (TPSA) is 184 Å². The molecule has 4 aromatic rings. The molecule has 2 amide bonds. The Kier molecular flexibility index (Phi) is 9.93. The average molecular weight is 734 g/mol. The quantitative estimate of drug-likeness (QED) is 0.117. The Balaban J connectivity index is 1.53.